The van der Waals surface area contributed by atoms with Gasteiger partial charge in [-0.3, -0.25) is 14.2 Å². The Bertz CT molecular complexity index is 1400. The Morgan fingerprint density at radius 2 is 1.90 bits per heavy atom. The third-order valence-electron chi connectivity index (χ3n) is 5.71. The fourth-order valence-corrected chi connectivity index (χ4v) is 5.52. The van der Waals surface area contributed by atoms with Gasteiger partial charge in [-0.25, -0.2) is 4.79 Å². The number of aryl methyl sites for hydroxylation is 2. The minimum Gasteiger partial charge on any atom is -0.483 e. The molecule has 0 radical (unpaired) electrons. The van der Waals surface area contributed by atoms with Gasteiger partial charge in [0.15, 0.2) is 17.1 Å². The lowest BCUT2D eigenvalue weighted by Gasteiger charge is -2.16. The zero-order chi connectivity index (χ0) is 28.9. The van der Waals surface area contributed by atoms with E-state index in [1.54, 1.807) is 26.8 Å². The lowest BCUT2D eigenvalue weighted by molar-refractivity contribution is -0.113. The van der Waals surface area contributed by atoms with Crippen LogP contribution < -0.4 is 15.8 Å². The summed E-state index contributed by atoms with van der Waals surface area (Å²) >= 11 is 2.12. The van der Waals surface area contributed by atoms with E-state index in [0.29, 0.717) is 23.1 Å². The SMILES string of the molecule is C=CCn1c(SCC(=O)Nc2sc(C(N)=O)c(C)c2C(=O)OC(C)C)nnc1C(C)Oc1ccc(C)c(C)c1. The maximum absolute atomic E-state index is 12.9. The summed E-state index contributed by atoms with van der Waals surface area (Å²) in [6, 6.07) is 5.89. The highest BCUT2D eigenvalue weighted by Crippen LogP contribution is 2.34. The number of nitrogens with zero attached hydrogens (tertiary/aromatic N) is 3. The van der Waals surface area contributed by atoms with Gasteiger partial charge in [0.2, 0.25) is 5.91 Å². The van der Waals surface area contributed by atoms with Crippen molar-refractivity contribution in [3.63, 3.8) is 0 Å². The molecule has 3 N–H and O–H groups in total. The number of thiophene rings is 1. The molecule has 2 heterocycles. The predicted octanol–water partition coefficient (Wildman–Crippen LogP) is 4.99. The molecule has 3 aromatic rings. The lowest BCUT2D eigenvalue weighted by atomic mass is 10.1. The molecule has 0 aliphatic rings. The van der Waals surface area contributed by atoms with Crippen molar-refractivity contribution in [2.75, 3.05) is 11.1 Å². The van der Waals surface area contributed by atoms with Gasteiger partial charge in [0.1, 0.15) is 10.8 Å². The molecule has 0 aliphatic carbocycles. The normalized spacial score (nSPS) is 11.8. The molecule has 208 valence electrons. The van der Waals surface area contributed by atoms with Crippen molar-refractivity contribution in [3.05, 3.63) is 63.8 Å². The van der Waals surface area contributed by atoms with Crippen molar-refractivity contribution in [2.45, 2.75) is 65.5 Å². The highest BCUT2D eigenvalue weighted by Gasteiger charge is 2.27. The summed E-state index contributed by atoms with van der Waals surface area (Å²) in [5.41, 5.74) is 8.25. The van der Waals surface area contributed by atoms with Crippen LogP contribution >= 0.6 is 23.1 Å². The second-order valence-electron chi connectivity index (χ2n) is 9.16. The molecule has 2 amide bonds. The minimum atomic E-state index is -0.687. The Morgan fingerprint density at radius 1 is 1.18 bits per heavy atom. The molecule has 3 rings (SSSR count). The van der Waals surface area contributed by atoms with E-state index in [0.717, 1.165) is 22.6 Å². The van der Waals surface area contributed by atoms with Crippen LogP contribution in [0, 0.1) is 20.8 Å². The zero-order valence-electron chi connectivity index (χ0n) is 22.9. The molecule has 39 heavy (non-hydrogen) atoms. The summed E-state index contributed by atoms with van der Waals surface area (Å²) in [6.45, 7) is 15.2. The van der Waals surface area contributed by atoms with E-state index in [9.17, 15) is 14.4 Å². The number of allylic oxidation sites excluding steroid dienone is 1. The van der Waals surface area contributed by atoms with Gasteiger partial charge < -0.3 is 20.5 Å². The molecule has 0 saturated heterocycles. The van der Waals surface area contributed by atoms with Crippen LogP contribution in [0.25, 0.3) is 0 Å². The van der Waals surface area contributed by atoms with Gasteiger partial charge >= 0.3 is 5.97 Å². The Kier molecular flexibility index (Phi) is 9.92. The molecule has 10 nitrogen and oxygen atoms in total. The number of carbonyl (C=O) groups excluding carboxylic acids is 3. The van der Waals surface area contributed by atoms with Crippen LogP contribution in [0.2, 0.25) is 0 Å². The molecule has 0 bridgehead atoms. The fraction of sp³-hybridized carbons (Fsp3) is 0.370. The number of thioether (sulfide) groups is 1. The zero-order valence-corrected chi connectivity index (χ0v) is 24.5. The predicted molar refractivity (Wildman–Crippen MR) is 153 cm³/mol. The molecule has 1 atom stereocenters. The van der Waals surface area contributed by atoms with E-state index in [2.05, 4.69) is 22.1 Å². The van der Waals surface area contributed by atoms with Gasteiger partial charge in [0.25, 0.3) is 5.91 Å². The average Bonchev–Trinajstić information content (AvgIpc) is 3.40. The molecule has 0 saturated carbocycles. The molecular weight excluding hydrogens is 538 g/mol. The number of amides is 2. The topological polar surface area (TPSA) is 138 Å². The lowest BCUT2D eigenvalue weighted by Crippen LogP contribution is -2.18. The highest BCUT2D eigenvalue weighted by atomic mass is 32.2. The van der Waals surface area contributed by atoms with Crippen molar-refractivity contribution >= 4 is 45.9 Å². The molecular formula is C27H33N5O5S2. The van der Waals surface area contributed by atoms with E-state index in [-0.39, 0.29) is 27.3 Å². The van der Waals surface area contributed by atoms with Gasteiger partial charge in [0.05, 0.1) is 22.3 Å². The minimum absolute atomic E-state index is 0.0246. The Balaban J connectivity index is 1.75. The number of hydrogen-bond donors (Lipinski definition) is 2. The van der Waals surface area contributed by atoms with E-state index in [4.69, 9.17) is 15.2 Å². The summed E-state index contributed by atoms with van der Waals surface area (Å²) in [5, 5.41) is 12.0. The number of rotatable bonds is 12. The third-order valence-corrected chi connectivity index (χ3v) is 7.90. The van der Waals surface area contributed by atoms with Crippen molar-refractivity contribution in [2.24, 2.45) is 5.73 Å². The number of nitrogens with one attached hydrogen (secondary N) is 1. The third kappa shape index (κ3) is 7.27. The number of anilines is 1. The van der Waals surface area contributed by atoms with Gasteiger partial charge in [0, 0.05) is 6.54 Å². The van der Waals surface area contributed by atoms with Gasteiger partial charge in [-0.2, -0.15) is 0 Å². The van der Waals surface area contributed by atoms with Crippen molar-refractivity contribution in [1.82, 2.24) is 14.8 Å². The van der Waals surface area contributed by atoms with Crippen LogP contribution in [-0.4, -0.2) is 44.4 Å². The first-order chi connectivity index (χ1) is 18.4. The molecule has 2 aromatic heterocycles. The van der Waals surface area contributed by atoms with Crippen LogP contribution in [0.1, 0.15) is 69.4 Å². The van der Waals surface area contributed by atoms with Crippen molar-refractivity contribution in [3.8, 4) is 5.75 Å². The maximum Gasteiger partial charge on any atom is 0.341 e. The van der Waals surface area contributed by atoms with Crippen LogP contribution in [0.4, 0.5) is 5.00 Å². The van der Waals surface area contributed by atoms with E-state index >= 15 is 0 Å². The molecule has 1 unspecified atom stereocenters. The first-order valence-electron chi connectivity index (χ1n) is 12.3. The number of aromatic nitrogens is 3. The van der Waals surface area contributed by atoms with Crippen LogP contribution in [-0.2, 0) is 16.1 Å². The Labute approximate surface area is 236 Å². The summed E-state index contributed by atoms with van der Waals surface area (Å²) in [6.07, 6.45) is 0.935. The van der Waals surface area contributed by atoms with Crippen LogP contribution in [0.15, 0.2) is 36.0 Å². The Morgan fingerprint density at radius 3 is 2.51 bits per heavy atom. The quantitative estimate of drug-likeness (QED) is 0.176. The fourth-order valence-electron chi connectivity index (χ4n) is 3.70. The number of primary amides is 1. The number of esters is 1. The van der Waals surface area contributed by atoms with Crippen molar-refractivity contribution < 1.29 is 23.9 Å². The van der Waals surface area contributed by atoms with Gasteiger partial charge in [-0.15, -0.1) is 28.1 Å². The molecule has 0 aliphatic heterocycles. The maximum atomic E-state index is 12.9. The Hall–Kier alpha value is -3.64. The molecule has 1 aromatic carbocycles. The number of benzene rings is 1. The second-order valence-corrected chi connectivity index (χ2v) is 11.1. The number of ether oxygens (including phenoxy) is 2. The second kappa shape index (κ2) is 12.9. The largest absolute Gasteiger partial charge is 0.483 e. The first-order valence-corrected chi connectivity index (χ1v) is 14.1. The first kappa shape index (κ1) is 29.9. The average molecular weight is 572 g/mol. The molecule has 0 spiro atoms. The van der Waals surface area contributed by atoms with Crippen molar-refractivity contribution in [1.29, 1.82) is 0 Å². The molecule has 12 heteroatoms. The molecule has 0 fully saturated rings. The monoisotopic (exact) mass is 571 g/mol. The van der Waals surface area contributed by atoms with Crippen LogP contribution in [0.5, 0.6) is 5.75 Å². The van der Waals surface area contributed by atoms with E-state index < -0.39 is 23.9 Å². The smallest absolute Gasteiger partial charge is 0.341 e. The summed E-state index contributed by atoms with van der Waals surface area (Å²) < 4.78 is 13.2. The summed E-state index contributed by atoms with van der Waals surface area (Å²) in [5.74, 6) is -0.431. The number of carbonyl (C=O) groups is 3. The standard InChI is InChI=1S/C27H33N5O5S2/c1-8-11-32-24(18(7)37-19-10-9-15(4)16(5)12-19)30-31-27(32)38-13-20(33)29-25-21(26(35)36-14(2)3)17(6)22(39-25)23(28)34/h8-10,12,14,18H,1,11,13H2,2-7H3,(H2,28,34)(H,29,33). The van der Waals surface area contributed by atoms with Gasteiger partial charge in [-0.1, -0.05) is 23.9 Å². The number of hydrogen-bond acceptors (Lipinski definition) is 9. The summed E-state index contributed by atoms with van der Waals surface area (Å²) in [7, 11) is 0. The van der Waals surface area contributed by atoms with Crippen LogP contribution in [0.3, 0.4) is 0 Å². The van der Waals surface area contributed by atoms with E-state index in [1.807, 2.05) is 43.5 Å². The summed E-state index contributed by atoms with van der Waals surface area (Å²) in [4.78, 5) is 37.6. The van der Waals surface area contributed by atoms with E-state index in [1.165, 1.54) is 17.3 Å². The highest BCUT2D eigenvalue weighted by molar-refractivity contribution is 7.99. The van der Waals surface area contributed by atoms with Gasteiger partial charge in [-0.05, 0) is 70.4 Å². The number of nitrogens with two attached hydrogens (primary N) is 1.